The fourth-order valence-electron chi connectivity index (χ4n) is 1.57. The van der Waals surface area contributed by atoms with E-state index in [2.05, 4.69) is 4.90 Å². The molecule has 3 heteroatoms. The van der Waals surface area contributed by atoms with Crippen LogP contribution >= 0.6 is 0 Å². The van der Waals surface area contributed by atoms with Gasteiger partial charge in [0, 0.05) is 19.4 Å². The molecule has 0 amide bonds. The van der Waals surface area contributed by atoms with Crippen molar-refractivity contribution in [2.24, 2.45) is 0 Å². The Bertz CT molecular complexity index is 168. The molecule has 70 valence electrons. The van der Waals surface area contributed by atoms with Gasteiger partial charge in [-0.25, -0.2) is 0 Å². The highest BCUT2D eigenvalue weighted by Crippen LogP contribution is 2.25. The standard InChI is InChI=1S/C9H17NO2/c1-3-12-9-5-4-8(6-7-11)10(9)2/h6,9,11H,3-5,7H2,1-2H3/b8-6+. The van der Waals surface area contributed by atoms with Crippen LogP contribution in [0.2, 0.25) is 0 Å². The fourth-order valence-corrected chi connectivity index (χ4v) is 1.57. The molecule has 1 saturated heterocycles. The van der Waals surface area contributed by atoms with Gasteiger partial charge in [-0.05, 0) is 25.8 Å². The molecule has 3 nitrogen and oxygen atoms in total. The van der Waals surface area contributed by atoms with Crippen LogP contribution in [0, 0.1) is 0 Å². The van der Waals surface area contributed by atoms with E-state index in [0.717, 1.165) is 19.4 Å². The molecule has 1 atom stereocenters. The van der Waals surface area contributed by atoms with Crippen molar-refractivity contribution in [3.8, 4) is 0 Å². The second-order valence-corrected chi connectivity index (χ2v) is 2.94. The van der Waals surface area contributed by atoms with E-state index in [0.29, 0.717) is 0 Å². The lowest BCUT2D eigenvalue weighted by atomic mass is 10.3. The summed E-state index contributed by atoms with van der Waals surface area (Å²) in [6.45, 7) is 2.88. The van der Waals surface area contributed by atoms with Gasteiger partial charge >= 0.3 is 0 Å². The molecular weight excluding hydrogens is 154 g/mol. The number of hydrogen-bond acceptors (Lipinski definition) is 3. The first kappa shape index (κ1) is 9.55. The molecule has 0 radical (unpaired) electrons. The second kappa shape index (κ2) is 4.48. The summed E-state index contributed by atoms with van der Waals surface area (Å²) in [5.41, 5.74) is 1.19. The topological polar surface area (TPSA) is 32.7 Å². The van der Waals surface area contributed by atoms with Crippen LogP contribution in [0.1, 0.15) is 19.8 Å². The molecule has 0 aromatic rings. The van der Waals surface area contributed by atoms with Gasteiger partial charge in [0.1, 0.15) is 6.23 Å². The molecule has 1 fully saturated rings. The average molecular weight is 171 g/mol. The van der Waals surface area contributed by atoms with Gasteiger partial charge in [0.2, 0.25) is 0 Å². The maximum Gasteiger partial charge on any atom is 0.129 e. The molecule has 1 heterocycles. The number of rotatable bonds is 3. The van der Waals surface area contributed by atoms with Gasteiger partial charge in [-0.2, -0.15) is 0 Å². The molecule has 0 aliphatic carbocycles. The number of aliphatic hydroxyl groups is 1. The summed E-state index contributed by atoms with van der Waals surface area (Å²) in [7, 11) is 2.01. The lowest BCUT2D eigenvalue weighted by Crippen LogP contribution is -2.26. The second-order valence-electron chi connectivity index (χ2n) is 2.94. The molecule has 1 rings (SSSR count). The zero-order chi connectivity index (χ0) is 8.97. The molecule has 1 N–H and O–H groups in total. The zero-order valence-corrected chi connectivity index (χ0v) is 7.79. The van der Waals surface area contributed by atoms with Crippen molar-refractivity contribution in [2.75, 3.05) is 20.3 Å². The van der Waals surface area contributed by atoms with E-state index < -0.39 is 0 Å². The van der Waals surface area contributed by atoms with E-state index in [4.69, 9.17) is 9.84 Å². The van der Waals surface area contributed by atoms with Crippen LogP contribution in [0.25, 0.3) is 0 Å². The van der Waals surface area contributed by atoms with Gasteiger partial charge in [0.15, 0.2) is 0 Å². The Morgan fingerprint density at radius 1 is 1.75 bits per heavy atom. The molecular formula is C9H17NO2. The molecule has 0 spiro atoms. The van der Waals surface area contributed by atoms with Crippen molar-refractivity contribution in [3.63, 3.8) is 0 Å². The lowest BCUT2D eigenvalue weighted by molar-refractivity contribution is -0.00868. The van der Waals surface area contributed by atoms with E-state index in [-0.39, 0.29) is 12.8 Å². The summed E-state index contributed by atoms with van der Waals surface area (Å²) in [4.78, 5) is 2.10. The maximum atomic E-state index is 8.72. The Balaban J connectivity index is 2.48. The molecule has 0 saturated carbocycles. The monoisotopic (exact) mass is 171 g/mol. The Morgan fingerprint density at radius 2 is 2.50 bits per heavy atom. The van der Waals surface area contributed by atoms with Crippen LogP contribution in [-0.2, 0) is 4.74 Å². The predicted octanol–water partition coefficient (Wildman–Crippen LogP) is 0.951. The smallest absolute Gasteiger partial charge is 0.129 e. The van der Waals surface area contributed by atoms with Crippen LogP contribution in [0.15, 0.2) is 11.8 Å². The highest BCUT2D eigenvalue weighted by atomic mass is 16.5. The highest BCUT2D eigenvalue weighted by Gasteiger charge is 2.24. The van der Waals surface area contributed by atoms with E-state index in [1.165, 1.54) is 5.70 Å². The van der Waals surface area contributed by atoms with Gasteiger partial charge < -0.3 is 14.7 Å². The summed E-state index contributed by atoms with van der Waals surface area (Å²) < 4.78 is 5.50. The summed E-state index contributed by atoms with van der Waals surface area (Å²) in [6, 6.07) is 0. The number of nitrogens with zero attached hydrogens (tertiary/aromatic N) is 1. The number of hydrogen-bond donors (Lipinski definition) is 1. The first-order valence-corrected chi connectivity index (χ1v) is 4.44. The fraction of sp³-hybridized carbons (Fsp3) is 0.778. The lowest BCUT2D eigenvalue weighted by Gasteiger charge is -2.22. The third-order valence-corrected chi connectivity index (χ3v) is 2.22. The molecule has 0 bridgehead atoms. The third kappa shape index (κ3) is 1.99. The summed E-state index contributed by atoms with van der Waals surface area (Å²) in [5, 5.41) is 8.72. The van der Waals surface area contributed by atoms with Gasteiger partial charge in [0.05, 0.1) is 6.61 Å². The molecule has 12 heavy (non-hydrogen) atoms. The quantitative estimate of drug-likeness (QED) is 0.686. The first-order chi connectivity index (χ1) is 5.79. The SMILES string of the molecule is CCOC1CC/C(=C\CO)N1C. The summed E-state index contributed by atoms with van der Waals surface area (Å²) >= 11 is 0. The van der Waals surface area contributed by atoms with Crippen LogP contribution < -0.4 is 0 Å². The van der Waals surface area contributed by atoms with Crippen LogP contribution in [0.3, 0.4) is 0 Å². The van der Waals surface area contributed by atoms with Crippen LogP contribution in [0.5, 0.6) is 0 Å². The van der Waals surface area contributed by atoms with Crippen molar-refractivity contribution in [2.45, 2.75) is 26.0 Å². The molecule has 1 aliphatic rings. The summed E-state index contributed by atoms with van der Waals surface area (Å²) in [5.74, 6) is 0. The van der Waals surface area contributed by atoms with Gasteiger partial charge in [0.25, 0.3) is 0 Å². The molecule has 0 aromatic carbocycles. The van der Waals surface area contributed by atoms with E-state index in [1.54, 1.807) is 0 Å². The number of aliphatic hydroxyl groups excluding tert-OH is 1. The van der Waals surface area contributed by atoms with Gasteiger partial charge in [-0.1, -0.05) is 0 Å². The third-order valence-electron chi connectivity index (χ3n) is 2.22. The Hall–Kier alpha value is -0.540. The minimum Gasteiger partial charge on any atom is -0.392 e. The zero-order valence-electron chi connectivity index (χ0n) is 7.79. The Morgan fingerprint density at radius 3 is 3.08 bits per heavy atom. The van der Waals surface area contributed by atoms with Crippen molar-refractivity contribution in [3.05, 3.63) is 11.8 Å². The van der Waals surface area contributed by atoms with Gasteiger partial charge in [-0.15, -0.1) is 0 Å². The van der Waals surface area contributed by atoms with Gasteiger partial charge in [-0.3, -0.25) is 0 Å². The highest BCUT2D eigenvalue weighted by molar-refractivity contribution is 5.06. The van der Waals surface area contributed by atoms with Crippen molar-refractivity contribution in [1.29, 1.82) is 0 Å². The predicted molar refractivity (Wildman–Crippen MR) is 47.6 cm³/mol. The molecule has 1 aliphatic heterocycles. The largest absolute Gasteiger partial charge is 0.392 e. The molecule has 1 unspecified atom stereocenters. The van der Waals surface area contributed by atoms with E-state index >= 15 is 0 Å². The average Bonchev–Trinajstić information content (AvgIpc) is 2.38. The Labute approximate surface area is 73.6 Å². The first-order valence-electron chi connectivity index (χ1n) is 4.44. The molecule has 0 aromatic heterocycles. The van der Waals surface area contributed by atoms with Crippen molar-refractivity contribution in [1.82, 2.24) is 4.90 Å². The number of likely N-dealkylation sites (tertiary alicyclic amines) is 1. The maximum absolute atomic E-state index is 8.72. The van der Waals surface area contributed by atoms with Crippen molar-refractivity contribution >= 4 is 0 Å². The Kier molecular flexibility index (Phi) is 3.56. The van der Waals surface area contributed by atoms with Crippen LogP contribution in [-0.4, -0.2) is 36.5 Å². The number of allylic oxidation sites excluding steroid dienone is 1. The minimum absolute atomic E-state index is 0.124. The van der Waals surface area contributed by atoms with E-state index in [9.17, 15) is 0 Å². The van der Waals surface area contributed by atoms with E-state index in [1.807, 2.05) is 20.0 Å². The normalized spacial score (nSPS) is 27.1. The summed E-state index contributed by atoms with van der Waals surface area (Å²) in [6.07, 6.45) is 4.12. The minimum atomic E-state index is 0.124. The van der Waals surface area contributed by atoms with Crippen LogP contribution in [0.4, 0.5) is 0 Å². The number of ether oxygens (including phenoxy) is 1. The van der Waals surface area contributed by atoms with Crippen molar-refractivity contribution < 1.29 is 9.84 Å².